The van der Waals surface area contributed by atoms with Crippen molar-refractivity contribution in [3.05, 3.63) is 94.0 Å². The zero-order valence-electron chi connectivity index (χ0n) is 18.7. The Balaban J connectivity index is 1.53. The SMILES string of the molecule is C[C@@H](c1ccc2c(c1)CCCC2)c1c(F)ccc2c1NC(=NCc1cccc(F)c1)NS2(=O)=O. The Morgan fingerprint density at radius 2 is 1.79 bits per heavy atom. The summed E-state index contributed by atoms with van der Waals surface area (Å²) < 4.78 is 57.0. The summed E-state index contributed by atoms with van der Waals surface area (Å²) in [6.45, 7) is 1.94. The number of hydrogen-bond donors (Lipinski definition) is 2. The normalized spacial score (nSPS) is 18.4. The molecule has 0 amide bonds. The molecule has 0 aromatic heterocycles. The first-order chi connectivity index (χ1) is 16.3. The average Bonchev–Trinajstić information content (AvgIpc) is 2.81. The van der Waals surface area contributed by atoms with Crippen molar-refractivity contribution in [2.75, 3.05) is 5.32 Å². The fraction of sp³-hybridized carbons (Fsp3) is 0.269. The Morgan fingerprint density at radius 3 is 2.59 bits per heavy atom. The van der Waals surface area contributed by atoms with Crippen molar-refractivity contribution in [1.82, 2.24) is 4.72 Å². The van der Waals surface area contributed by atoms with E-state index in [0.717, 1.165) is 24.8 Å². The number of nitrogens with one attached hydrogen (secondary N) is 2. The third kappa shape index (κ3) is 4.30. The first-order valence-electron chi connectivity index (χ1n) is 11.3. The van der Waals surface area contributed by atoms with Gasteiger partial charge < -0.3 is 5.32 Å². The smallest absolute Gasteiger partial charge is 0.266 e. The predicted molar refractivity (Wildman–Crippen MR) is 128 cm³/mol. The van der Waals surface area contributed by atoms with Crippen molar-refractivity contribution in [1.29, 1.82) is 0 Å². The van der Waals surface area contributed by atoms with E-state index in [1.807, 2.05) is 13.0 Å². The monoisotopic (exact) mass is 481 g/mol. The lowest BCUT2D eigenvalue weighted by Gasteiger charge is -2.27. The highest BCUT2D eigenvalue weighted by atomic mass is 32.2. The van der Waals surface area contributed by atoms with Crippen molar-refractivity contribution in [2.24, 2.45) is 4.99 Å². The molecule has 0 bridgehead atoms. The Hall–Kier alpha value is -3.26. The fourth-order valence-corrected chi connectivity index (χ4v) is 5.90. The van der Waals surface area contributed by atoms with Crippen LogP contribution in [-0.2, 0) is 29.4 Å². The molecule has 2 aliphatic rings. The minimum atomic E-state index is -3.96. The standard InChI is InChI=1S/C26H25F2N3O2S/c1-16(19-10-9-18-6-2-3-7-20(18)14-19)24-22(28)11-12-23-25(24)30-26(31-34(23,32)33)29-15-17-5-4-8-21(27)13-17/h4-5,8-14,16H,2-3,6-7,15H2,1H3,(H2,29,30,31)/t16-/m0/s1. The molecular formula is C26H25F2N3O2S. The van der Waals surface area contributed by atoms with Gasteiger partial charge in [0.15, 0.2) is 0 Å². The van der Waals surface area contributed by atoms with Crippen LogP contribution in [0.1, 0.15) is 53.5 Å². The molecule has 0 unspecified atom stereocenters. The molecule has 3 aromatic carbocycles. The van der Waals surface area contributed by atoms with Crippen molar-refractivity contribution < 1.29 is 17.2 Å². The number of aliphatic imine (C=N–C) groups is 1. The minimum absolute atomic E-state index is 0.0266. The molecule has 2 N–H and O–H groups in total. The van der Waals surface area contributed by atoms with Crippen LogP contribution in [0.3, 0.4) is 0 Å². The van der Waals surface area contributed by atoms with E-state index >= 15 is 4.39 Å². The van der Waals surface area contributed by atoms with Crippen LogP contribution in [0.5, 0.6) is 0 Å². The van der Waals surface area contributed by atoms with Crippen LogP contribution in [0, 0.1) is 11.6 Å². The van der Waals surface area contributed by atoms with Gasteiger partial charge in [0.25, 0.3) is 10.0 Å². The van der Waals surface area contributed by atoms with Crippen molar-refractivity contribution in [3.8, 4) is 0 Å². The van der Waals surface area contributed by atoms with Gasteiger partial charge in [-0.15, -0.1) is 0 Å². The Morgan fingerprint density at radius 1 is 1.00 bits per heavy atom. The molecule has 1 aliphatic heterocycles. The lowest BCUT2D eigenvalue weighted by Crippen LogP contribution is -2.41. The number of nitrogens with zero attached hydrogens (tertiary/aromatic N) is 1. The predicted octanol–water partition coefficient (Wildman–Crippen LogP) is 5.26. The van der Waals surface area contributed by atoms with E-state index in [2.05, 4.69) is 27.2 Å². The van der Waals surface area contributed by atoms with Gasteiger partial charge in [0.1, 0.15) is 16.5 Å². The highest BCUT2D eigenvalue weighted by molar-refractivity contribution is 7.90. The molecule has 0 spiro atoms. The molecule has 1 atom stereocenters. The second-order valence-electron chi connectivity index (χ2n) is 8.82. The number of benzene rings is 3. The van der Waals surface area contributed by atoms with E-state index in [1.54, 1.807) is 12.1 Å². The maximum atomic E-state index is 15.2. The molecule has 0 fully saturated rings. The van der Waals surface area contributed by atoms with Crippen LogP contribution in [0.2, 0.25) is 0 Å². The number of halogens is 2. The van der Waals surface area contributed by atoms with Crippen molar-refractivity contribution in [3.63, 3.8) is 0 Å². The lowest BCUT2D eigenvalue weighted by atomic mass is 9.85. The number of guanidine groups is 1. The van der Waals surface area contributed by atoms with Crippen LogP contribution < -0.4 is 10.0 Å². The number of fused-ring (bicyclic) bond motifs is 2. The Bertz CT molecular complexity index is 1400. The fourth-order valence-electron chi connectivity index (χ4n) is 4.74. The van der Waals surface area contributed by atoms with Crippen molar-refractivity contribution >= 4 is 21.7 Å². The van der Waals surface area contributed by atoms with Crippen LogP contribution >= 0.6 is 0 Å². The van der Waals surface area contributed by atoms with Gasteiger partial charge in [-0.05, 0) is 72.2 Å². The summed E-state index contributed by atoms with van der Waals surface area (Å²) >= 11 is 0. The summed E-state index contributed by atoms with van der Waals surface area (Å²) in [5, 5.41) is 2.99. The van der Waals surface area contributed by atoms with Crippen LogP contribution in [0.25, 0.3) is 0 Å². The third-order valence-corrected chi connectivity index (χ3v) is 7.91. The maximum Gasteiger partial charge on any atom is 0.266 e. The number of hydrogen-bond acceptors (Lipinski definition) is 3. The largest absolute Gasteiger partial charge is 0.324 e. The molecule has 0 radical (unpaired) electrons. The van der Waals surface area contributed by atoms with E-state index in [0.29, 0.717) is 5.56 Å². The molecule has 0 saturated heterocycles. The molecule has 1 heterocycles. The number of anilines is 1. The van der Waals surface area contributed by atoms with Gasteiger partial charge in [-0.3, -0.25) is 0 Å². The summed E-state index contributed by atoms with van der Waals surface area (Å²) in [5.41, 5.74) is 4.58. The maximum absolute atomic E-state index is 15.2. The quantitative estimate of drug-likeness (QED) is 0.534. The molecule has 5 nitrogen and oxygen atoms in total. The highest BCUT2D eigenvalue weighted by Crippen LogP contribution is 2.39. The molecule has 8 heteroatoms. The summed E-state index contributed by atoms with van der Waals surface area (Å²) in [5.74, 6) is -1.30. The van der Waals surface area contributed by atoms with E-state index in [4.69, 9.17) is 0 Å². The van der Waals surface area contributed by atoms with Gasteiger partial charge in [-0.1, -0.05) is 37.3 Å². The number of sulfonamides is 1. The highest BCUT2D eigenvalue weighted by Gasteiger charge is 2.32. The van der Waals surface area contributed by atoms with Crippen LogP contribution in [0.4, 0.5) is 14.5 Å². The third-order valence-electron chi connectivity index (χ3n) is 6.53. The first kappa shape index (κ1) is 22.5. The molecule has 0 saturated carbocycles. The van der Waals surface area contributed by atoms with Gasteiger partial charge in [0.05, 0.1) is 12.2 Å². The van der Waals surface area contributed by atoms with Gasteiger partial charge in [0.2, 0.25) is 5.96 Å². The summed E-state index contributed by atoms with van der Waals surface area (Å²) in [6.07, 6.45) is 4.36. The second kappa shape index (κ2) is 8.83. The van der Waals surface area contributed by atoms with Crippen LogP contribution in [0.15, 0.2) is 64.5 Å². The molecule has 176 valence electrons. The van der Waals surface area contributed by atoms with E-state index in [-0.39, 0.29) is 34.6 Å². The Kier molecular flexibility index (Phi) is 5.85. The average molecular weight is 482 g/mol. The van der Waals surface area contributed by atoms with E-state index in [9.17, 15) is 12.8 Å². The number of aryl methyl sites for hydroxylation is 2. The zero-order valence-corrected chi connectivity index (χ0v) is 19.6. The van der Waals surface area contributed by atoms with E-state index < -0.39 is 21.7 Å². The molecule has 1 aliphatic carbocycles. The summed E-state index contributed by atoms with van der Waals surface area (Å²) in [7, 11) is -3.96. The first-order valence-corrected chi connectivity index (χ1v) is 12.8. The van der Waals surface area contributed by atoms with Gasteiger partial charge in [0, 0.05) is 11.5 Å². The van der Waals surface area contributed by atoms with Gasteiger partial charge in [-0.2, -0.15) is 0 Å². The summed E-state index contributed by atoms with van der Waals surface area (Å²) in [4.78, 5) is 4.25. The van der Waals surface area contributed by atoms with Crippen molar-refractivity contribution in [2.45, 2.75) is 50.0 Å². The number of rotatable bonds is 4. The minimum Gasteiger partial charge on any atom is -0.324 e. The van der Waals surface area contributed by atoms with Gasteiger partial charge >= 0.3 is 0 Å². The van der Waals surface area contributed by atoms with Gasteiger partial charge in [-0.25, -0.2) is 26.9 Å². The topological polar surface area (TPSA) is 70.6 Å². The zero-order chi connectivity index (χ0) is 23.9. The molecule has 5 rings (SSSR count). The Labute approximate surface area is 198 Å². The molecular weight excluding hydrogens is 456 g/mol. The molecule has 34 heavy (non-hydrogen) atoms. The summed E-state index contributed by atoms with van der Waals surface area (Å²) in [6, 6.07) is 14.6. The van der Waals surface area contributed by atoms with E-state index in [1.165, 1.54) is 41.8 Å². The lowest BCUT2D eigenvalue weighted by molar-refractivity contribution is 0.586. The molecule has 3 aromatic rings. The van der Waals surface area contributed by atoms with Crippen LogP contribution in [-0.4, -0.2) is 14.4 Å². The second-order valence-corrected chi connectivity index (χ2v) is 10.5.